The maximum Gasteiger partial charge on any atom is 0.198 e. The molecule has 1 fully saturated rings. The number of methoxy groups -OCH3 is 1. The van der Waals surface area contributed by atoms with Gasteiger partial charge in [-0.3, -0.25) is 4.57 Å². The van der Waals surface area contributed by atoms with Crippen LogP contribution in [0.5, 0.6) is 11.5 Å². The highest BCUT2D eigenvalue weighted by Gasteiger charge is 2.35. The minimum atomic E-state index is -3.14. The fourth-order valence-electron chi connectivity index (χ4n) is 5.22. The fourth-order valence-corrected chi connectivity index (χ4v) is 6.46. The molecular weight excluding hydrogens is 502 g/mol. The Bertz CT molecular complexity index is 1320. The summed E-state index contributed by atoms with van der Waals surface area (Å²) in [7, 11) is -1.50. The molecule has 0 radical (unpaired) electrons. The topological polar surface area (TPSA) is 76.0 Å². The number of phenolic OH excluding ortho intramolecular Hbond substituents is 1. The van der Waals surface area contributed by atoms with Crippen molar-refractivity contribution in [1.82, 2.24) is 0 Å². The molecule has 7 heteroatoms. The van der Waals surface area contributed by atoms with Gasteiger partial charge in [0.05, 0.1) is 6.10 Å². The molecule has 0 amide bonds. The Morgan fingerprint density at radius 1 is 1.05 bits per heavy atom. The average molecular weight is 541 g/mol. The van der Waals surface area contributed by atoms with Gasteiger partial charge in [-0.05, 0) is 88.7 Å². The molecule has 0 aromatic heterocycles. The van der Waals surface area contributed by atoms with E-state index in [1.54, 1.807) is 7.11 Å². The van der Waals surface area contributed by atoms with Gasteiger partial charge in [-0.25, -0.2) is 4.39 Å². The Morgan fingerprint density at radius 2 is 1.79 bits per heavy atom. The summed E-state index contributed by atoms with van der Waals surface area (Å²) in [5.74, 6) is 0.771. The highest BCUT2D eigenvalue weighted by molar-refractivity contribution is 7.57. The van der Waals surface area contributed by atoms with Crippen LogP contribution in [0.2, 0.25) is 0 Å². The van der Waals surface area contributed by atoms with Crippen LogP contribution in [0.4, 0.5) is 4.39 Å². The zero-order valence-electron chi connectivity index (χ0n) is 22.8. The molecule has 204 valence electrons. The first kappa shape index (κ1) is 28.4. The quantitative estimate of drug-likeness (QED) is 0.256. The molecule has 5 nitrogen and oxygen atoms in total. The molecular formula is C31H38FO5P. The third kappa shape index (κ3) is 7.05. The Labute approximate surface area is 225 Å². The van der Waals surface area contributed by atoms with Gasteiger partial charge in [0.2, 0.25) is 0 Å². The van der Waals surface area contributed by atoms with Crippen molar-refractivity contribution in [3.05, 3.63) is 83.2 Å². The maximum absolute atomic E-state index is 14.8. The van der Waals surface area contributed by atoms with Gasteiger partial charge in [0.25, 0.3) is 0 Å². The van der Waals surface area contributed by atoms with E-state index in [1.807, 2.05) is 42.5 Å². The van der Waals surface area contributed by atoms with Gasteiger partial charge in [0.1, 0.15) is 23.9 Å². The van der Waals surface area contributed by atoms with E-state index in [9.17, 15) is 19.0 Å². The monoisotopic (exact) mass is 540 g/mol. The number of ether oxygens (including phenoxy) is 2. The number of halogens is 1. The summed E-state index contributed by atoms with van der Waals surface area (Å²) < 4.78 is 39.0. The molecule has 0 bridgehead atoms. The van der Waals surface area contributed by atoms with Gasteiger partial charge in [-0.15, -0.1) is 0 Å². The van der Waals surface area contributed by atoms with Crippen molar-refractivity contribution in [1.29, 1.82) is 0 Å². The van der Waals surface area contributed by atoms with E-state index in [1.165, 1.54) is 24.9 Å². The van der Waals surface area contributed by atoms with Crippen LogP contribution in [0.15, 0.2) is 60.7 Å². The molecule has 3 aromatic rings. The van der Waals surface area contributed by atoms with Crippen molar-refractivity contribution in [2.75, 3.05) is 19.9 Å². The summed E-state index contributed by atoms with van der Waals surface area (Å²) in [4.78, 5) is 10.0. The second-order valence-corrected chi connectivity index (χ2v) is 14.1. The molecule has 0 spiro atoms. The zero-order valence-corrected chi connectivity index (χ0v) is 23.7. The summed E-state index contributed by atoms with van der Waals surface area (Å²) in [6.45, 7) is 7.92. The van der Waals surface area contributed by atoms with Crippen LogP contribution in [0.25, 0.3) is 11.1 Å². The summed E-state index contributed by atoms with van der Waals surface area (Å²) in [5, 5.41) is 10.0. The maximum atomic E-state index is 14.8. The molecule has 3 atom stereocenters. The van der Waals surface area contributed by atoms with Crippen molar-refractivity contribution in [3.63, 3.8) is 0 Å². The van der Waals surface area contributed by atoms with E-state index < -0.39 is 13.2 Å². The van der Waals surface area contributed by atoms with Crippen molar-refractivity contribution in [2.24, 2.45) is 11.3 Å². The smallest absolute Gasteiger partial charge is 0.198 e. The summed E-state index contributed by atoms with van der Waals surface area (Å²) in [5.41, 5.74) is 3.45. The Hall–Kier alpha value is -2.66. The second kappa shape index (κ2) is 11.2. The molecule has 0 aliphatic heterocycles. The Morgan fingerprint density at radius 3 is 2.42 bits per heavy atom. The predicted molar refractivity (Wildman–Crippen MR) is 150 cm³/mol. The van der Waals surface area contributed by atoms with Crippen LogP contribution >= 0.6 is 7.37 Å². The molecule has 0 saturated heterocycles. The van der Waals surface area contributed by atoms with E-state index in [0.717, 1.165) is 29.5 Å². The lowest BCUT2D eigenvalue weighted by Crippen LogP contribution is -2.21. The first-order chi connectivity index (χ1) is 17.9. The summed E-state index contributed by atoms with van der Waals surface area (Å²) in [6.07, 6.45) is 2.12. The fraction of sp³-hybridized carbons (Fsp3) is 0.419. The molecule has 38 heavy (non-hydrogen) atoms. The molecule has 4 rings (SSSR count). The molecule has 0 heterocycles. The van der Waals surface area contributed by atoms with Crippen LogP contribution in [0.1, 0.15) is 62.3 Å². The molecule has 3 aromatic carbocycles. The van der Waals surface area contributed by atoms with Gasteiger partial charge in [-0.2, -0.15) is 0 Å². The van der Waals surface area contributed by atoms with Gasteiger partial charge in [0.15, 0.2) is 7.37 Å². The predicted octanol–water partition coefficient (Wildman–Crippen LogP) is 7.90. The van der Waals surface area contributed by atoms with Crippen molar-refractivity contribution < 1.29 is 28.4 Å². The first-order valence-electron chi connectivity index (χ1n) is 13.0. The van der Waals surface area contributed by atoms with Crippen LogP contribution in [-0.4, -0.2) is 29.9 Å². The standard InChI is InChI=1S/C31H38FO5P/c1-31(2,3)30(36-4)27-15-20(9-13-25(27)26-17-23(33)12-14-29(26)32)18-37-24-8-6-7-22(16-24)28(21-10-11-21)19-38(5,34)35/h6-9,12-17,21,28,30,33H,10-11,18-19H2,1-5H3,(H,34,35). The van der Waals surface area contributed by atoms with Gasteiger partial charge >= 0.3 is 0 Å². The second-order valence-electron chi connectivity index (χ2n) is 11.6. The average Bonchev–Trinajstić information content (AvgIpc) is 3.68. The highest BCUT2D eigenvalue weighted by Crippen LogP contribution is 2.51. The van der Waals surface area contributed by atoms with E-state index in [2.05, 4.69) is 20.8 Å². The van der Waals surface area contributed by atoms with E-state index in [0.29, 0.717) is 29.4 Å². The van der Waals surface area contributed by atoms with Gasteiger partial charge in [0, 0.05) is 25.5 Å². The number of aromatic hydroxyl groups is 1. The lowest BCUT2D eigenvalue weighted by Gasteiger charge is -2.32. The van der Waals surface area contributed by atoms with Crippen LogP contribution in [0.3, 0.4) is 0 Å². The van der Waals surface area contributed by atoms with Crippen molar-refractivity contribution in [2.45, 2.75) is 52.2 Å². The minimum absolute atomic E-state index is 0.00510. The summed E-state index contributed by atoms with van der Waals surface area (Å²) in [6, 6.07) is 17.6. The molecule has 1 saturated carbocycles. The van der Waals surface area contributed by atoms with Crippen LogP contribution in [-0.2, 0) is 15.9 Å². The Kier molecular flexibility index (Phi) is 8.37. The minimum Gasteiger partial charge on any atom is -0.508 e. The first-order valence-corrected chi connectivity index (χ1v) is 15.3. The normalized spacial score (nSPS) is 17.0. The van der Waals surface area contributed by atoms with Crippen molar-refractivity contribution in [3.8, 4) is 22.6 Å². The number of rotatable bonds is 10. The number of benzene rings is 3. The Balaban J connectivity index is 1.63. The van der Waals surface area contributed by atoms with Crippen LogP contribution < -0.4 is 4.74 Å². The third-order valence-corrected chi connectivity index (χ3v) is 8.15. The van der Waals surface area contributed by atoms with E-state index in [4.69, 9.17) is 9.47 Å². The largest absolute Gasteiger partial charge is 0.508 e. The molecule has 3 unspecified atom stereocenters. The molecule has 1 aliphatic rings. The van der Waals surface area contributed by atoms with Crippen molar-refractivity contribution >= 4 is 7.37 Å². The highest BCUT2D eigenvalue weighted by atomic mass is 31.2. The third-order valence-electron chi connectivity index (χ3n) is 7.08. The van der Waals surface area contributed by atoms with Gasteiger partial charge in [-0.1, -0.05) is 45.0 Å². The number of hydrogen-bond donors (Lipinski definition) is 2. The molecule has 2 N–H and O–H groups in total. The SMILES string of the molecule is COC(c1cc(COc2cccc(C(CP(C)(=O)O)C3CC3)c2)ccc1-c1cc(O)ccc1F)C(C)(C)C. The number of phenols is 1. The lowest BCUT2D eigenvalue weighted by molar-refractivity contribution is 0.0155. The summed E-state index contributed by atoms with van der Waals surface area (Å²) >= 11 is 0. The van der Waals surface area contributed by atoms with Gasteiger partial charge < -0.3 is 19.5 Å². The van der Waals surface area contributed by atoms with Crippen LogP contribution in [0, 0.1) is 17.2 Å². The lowest BCUT2D eigenvalue weighted by atomic mass is 9.81. The van der Waals surface area contributed by atoms with E-state index >= 15 is 0 Å². The molecule has 1 aliphatic carbocycles. The number of hydrogen-bond acceptors (Lipinski definition) is 4. The zero-order chi connectivity index (χ0) is 27.7. The van der Waals surface area contributed by atoms with E-state index in [-0.39, 0.29) is 29.3 Å².